The molecular formula is C9H16O. The molecule has 10 heavy (non-hydrogen) atoms. The zero-order valence-electron chi connectivity index (χ0n) is 7.11. The van der Waals surface area contributed by atoms with Crippen molar-refractivity contribution in [1.29, 1.82) is 0 Å². The van der Waals surface area contributed by atoms with Gasteiger partial charge in [-0.3, -0.25) is 4.79 Å². The van der Waals surface area contributed by atoms with Gasteiger partial charge in [0.25, 0.3) is 0 Å². The van der Waals surface area contributed by atoms with E-state index in [1.165, 1.54) is 12.8 Å². The summed E-state index contributed by atoms with van der Waals surface area (Å²) in [4.78, 5) is 10.7. The van der Waals surface area contributed by atoms with E-state index in [2.05, 4.69) is 6.92 Å². The Labute approximate surface area is 63.1 Å². The molecule has 0 radical (unpaired) electrons. The minimum atomic E-state index is 0.191. The highest BCUT2D eigenvalue weighted by atomic mass is 16.1. The van der Waals surface area contributed by atoms with Gasteiger partial charge in [0.15, 0.2) is 5.78 Å². The summed E-state index contributed by atoms with van der Waals surface area (Å²) < 4.78 is 0. The lowest BCUT2D eigenvalue weighted by Crippen LogP contribution is -1.90. The summed E-state index contributed by atoms with van der Waals surface area (Å²) in [6.45, 7) is 5.63. The lowest BCUT2D eigenvalue weighted by molar-refractivity contribution is -0.113. The number of rotatable bonds is 4. The van der Waals surface area contributed by atoms with Gasteiger partial charge in [-0.1, -0.05) is 25.8 Å². The molecule has 0 aromatic rings. The molecule has 0 amide bonds. The van der Waals surface area contributed by atoms with Crippen molar-refractivity contribution in [2.75, 3.05) is 0 Å². The van der Waals surface area contributed by atoms with E-state index in [1.54, 1.807) is 6.92 Å². The molecule has 0 fully saturated rings. The topological polar surface area (TPSA) is 17.1 Å². The van der Waals surface area contributed by atoms with Crippen LogP contribution < -0.4 is 0 Å². The van der Waals surface area contributed by atoms with Gasteiger partial charge in [0, 0.05) is 0 Å². The van der Waals surface area contributed by atoms with Gasteiger partial charge in [0.05, 0.1) is 0 Å². The molecule has 0 aromatic heterocycles. The van der Waals surface area contributed by atoms with Crippen LogP contribution in [0.3, 0.4) is 0 Å². The molecule has 0 unspecified atom stereocenters. The zero-order chi connectivity index (χ0) is 7.98. The lowest BCUT2D eigenvalue weighted by Gasteiger charge is -1.92. The number of Topliss-reactive ketones (excluding diaryl/α,β-unsaturated/α-hetero) is 1. The van der Waals surface area contributed by atoms with Crippen LogP contribution >= 0.6 is 0 Å². The third-order valence-corrected chi connectivity index (χ3v) is 1.56. The Balaban J connectivity index is 3.58. The Bertz CT molecular complexity index is 134. The van der Waals surface area contributed by atoms with Gasteiger partial charge in [-0.2, -0.15) is 0 Å². The average Bonchev–Trinajstić information content (AvgIpc) is 1.88. The normalized spacial score (nSPS) is 11.7. The molecule has 0 atom stereocenters. The van der Waals surface area contributed by atoms with Crippen LogP contribution in [-0.2, 0) is 4.79 Å². The third-order valence-electron chi connectivity index (χ3n) is 1.56. The largest absolute Gasteiger partial charge is 0.295 e. The maximum atomic E-state index is 10.7. The fourth-order valence-electron chi connectivity index (χ4n) is 0.666. The molecule has 0 aliphatic carbocycles. The van der Waals surface area contributed by atoms with Crippen molar-refractivity contribution in [3.05, 3.63) is 11.6 Å². The van der Waals surface area contributed by atoms with Gasteiger partial charge >= 0.3 is 0 Å². The van der Waals surface area contributed by atoms with Crippen LogP contribution in [-0.4, -0.2) is 5.78 Å². The molecule has 0 aliphatic heterocycles. The molecule has 0 aliphatic rings. The quantitative estimate of drug-likeness (QED) is 0.433. The summed E-state index contributed by atoms with van der Waals surface area (Å²) >= 11 is 0. The molecule has 1 heteroatoms. The Morgan fingerprint density at radius 3 is 2.40 bits per heavy atom. The van der Waals surface area contributed by atoms with Crippen molar-refractivity contribution in [3.8, 4) is 0 Å². The Hall–Kier alpha value is -0.590. The minimum absolute atomic E-state index is 0.191. The first-order chi connectivity index (χ1) is 4.68. The van der Waals surface area contributed by atoms with Gasteiger partial charge in [-0.15, -0.1) is 0 Å². The fraction of sp³-hybridized carbons (Fsp3) is 0.667. The van der Waals surface area contributed by atoms with Crippen LogP contribution in [0.1, 0.15) is 40.0 Å². The summed E-state index contributed by atoms with van der Waals surface area (Å²) in [5, 5.41) is 0. The molecule has 0 saturated heterocycles. The second-order valence-electron chi connectivity index (χ2n) is 2.59. The van der Waals surface area contributed by atoms with E-state index < -0.39 is 0 Å². The van der Waals surface area contributed by atoms with E-state index in [9.17, 15) is 4.79 Å². The van der Waals surface area contributed by atoms with Gasteiger partial charge in [-0.25, -0.2) is 0 Å². The van der Waals surface area contributed by atoms with Crippen molar-refractivity contribution < 1.29 is 4.79 Å². The fourth-order valence-corrected chi connectivity index (χ4v) is 0.666. The van der Waals surface area contributed by atoms with Crippen LogP contribution in [0.4, 0.5) is 0 Å². The summed E-state index contributed by atoms with van der Waals surface area (Å²) in [7, 11) is 0. The molecule has 0 rings (SSSR count). The standard InChI is InChI=1S/C9H16O/c1-4-5-6-7-8(2)9(3)10/h7H,4-6H2,1-3H3/b8-7+. The predicted molar refractivity (Wildman–Crippen MR) is 44.0 cm³/mol. The van der Waals surface area contributed by atoms with Crippen molar-refractivity contribution in [2.45, 2.75) is 40.0 Å². The second kappa shape index (κ2) is 5.21. The summed E-state index contributed by atoms with van der Waals surface area (Å²) in [6.07, 6.45) is 5.44. The van der Waals surface area contributed by atoms with E-state index >= 15 is 0 Å². The highest BCUT2D eigenvalue weighted by Crippen LogP contribution is 2.00. The van der Waals surface area contributed by atoms with E-state index in [0.717, 1.165) is 12.0 Å². The first-order valence-electron chi connectivity index (χ1n) is 3.86. The van der Waals surface area contributed by atoms with Crippen molar-refractivity contribution in [1.82, 2.24) is 0 Å². The summed E-state index contributed by atoms with van der Waals surface area (Å²) in [5.41, 5.74) is 0.897. The van der Waals surface area contributed by atoms with Crippen LogP contribution in [0.15, 0.2) is 11.6 Å². The monoisotopic (exact) mass is 140 g/mol. The number of carbonyl (C=O) groups excluding carboxylic acids is 1. The van der Waals surface area contributed by atoms with Crippen molar-refractivity contribution in [3.63, 3.8) is 0 Å². The predicted octanol–water partition coefficient (Wildman–Crippen LogP) is 2.71. The Morgan fingerprint density at radius 2 is 2.00 bits per heavy atom. The first-order valence-corrected chi connectivity index (χ1v) is 3.86. The van der Waals surface area contributed by atoms with Gasteiger partial charge in [0.1, 0.15) is 0 Å². The highest BCUT2D eigenvalue weighted by Gasteiger charge is 1.92. The van der Waals surface area contributed by atoms with Crippen LogP contribution in [0.5, 0.6) is 0 Å². The first kappa shape index (κ1) is 9.41. The molecule has 0 bridgehead atoms. The third kappa shape index (κ3) is 4.30. The van der Waals surface area contributed by atoms with Crippen LogP contribution in [0, 0.1) is 0 Å². The molecule has 0 spiro atoms. The molecule has 0 saturated carbocycles. The summed E-state index contributed by atoms with van der Waals surface area (Å²) in [5.74, 6) is 0.191. The number of ketones is 1. The lowest BCUT2D eigenvalue weighted by atomic mass is 10.1. The molecule has 0 heterocycles. The molecule has 58 valence electrons. The van der Waals surface area contributed by atoms with E-state index in [1.807, 2.05) is 13.0 Å². The SMILES string of the molecule is CCCC/C=C(\C)C(C)=O. The Kier molecular flexibility index (Phi) is 4.91. The number of hydrogen-bond acceptors (Lipinski definition) is 1. The van der Waals surface area contributed by atoms with Gasteiger partial charge < -0.3 is 0 Å². The number of hydrogen-bond donors (Lipinski definition) is 0. The number of allylic oxidation sites excluding steroid dienone is 2. The van der Waals surface area contributed by atoms with Crippen molar-refractivity contribution in [2.24, 2.45) is 0 Å². The number of carbonyl (C=O) groups is 1. The highest BCUT2D eigenvalue weighted by molar-refractivity contribution is 5.92. The summed E-state index contributed by atoms with van der Waals surface area (Å²) in [6, 6.07) is 0. The second-order valence-corrected chi connectivity index (χ2v) is 2.59. The maximum absolute atomic E-state index is 10.7. The molecule has 1 nitrogen and oxygen atoms in total. The molecule has 0 aromatic carbocycles. The molecule has 0 N–H and O–H groups in total. The minimum Gasteiger partial charge on any atom is -0.295 e. The van der Waals surface area contributed by atoms with E-state index in [0.29, 0.717) is 0 Å². The maximum Gasteiger partial charge on any atom is 0.155 e. The molecular weight excluding hydrogens is 124 g/mol. The smallest absolute Gasteiger partial charge is 0.155 e. The van der Waals surface area contributed by atoms with Gasteiger partial charge in [0.2, 0.25) is 0 Å². The average molecular weight is 140 g/mol. The van der Waals surface area contributed by atoms with Crippen LogP contribution in [0.25, 0.3) is 0 Å². The van der Waals surface area contributed by atoms with E-state index in [-0.39, 0.29) is 5.78 Å². The number of unbranched alkanes of at least 4 members (excludes halogenated alkanes) is 2. The van der Waals surface area contributed by atoms with Crippen molar-refractivity contribution >= 4 is 5.78 Å². The van der Waals surface area contributed by atoms with Gasteiger partial charge in [-0.05, 0) is 25.8 Å². The Morgan fingerprint density at radius 1 is 1.40 bits per heavy atom. The van der Waals surface area contributed by atoms with Crippen LogP contribution in [0.2, 0.25) is 0 Å². The zero-order valence-corrected chi connectivity index (χ0v) is 7.11. The van der Waals surface area contributed by atoms with E-state index in [4.69, 9.17) is 0 Å².